The third kappa shape index (κ3) is 6.26. The van der Waals surface area contributed by atoms with E-state index in [2.05, 4.69) is 15.8 Å². The number of nitrogens with two attached hydrogens (primary N) is 2. The molecule has 2 rings (SSSR count). The zero-order valence-corrected chi connectivity index (χ0v) is 16.9. The van der Waals surface area contributed by atoms with Crippen molar-refractivity contribution in [2.24, 2.45) is 16.6 Å². The Morgan fingerprint density at radius 2 is 1.63 bits per heavy atom. The van der Waals surface area contributed by atoms with Crippen LogP contribution in [0.15, 0.2) is 52.5 Å². The fourth-order valence-corrected chi connectivity index (χ4v) is 4.09. The first-order valence-corrected chi connectivity index (χ1v) is 10.5. The number of carboxylic acid groups (broad SMARTS) is 1. The summed E-state index contributed by atoms with van der Waals surface area (Å²) in [5.41, 5.74) is 12.3. The van der Waals surface area contributed by atoms with Crippen molar-refractivity contribution in [1.82, 2.24) is 15.5 Å². The second-order valence-corrected chi connectivity index (χ2v) is 8.47. The topological polar surface area (TPSA) is 206 Å². The molecule has 14 heteroatoms. The minimum Gasteiger partial charge on any atom is -0.480 e. The number of amides is 2. The maximum absolute atomic E-state index is 12.3. The maximum Gasteiger partial charge on any atom is 0.323 e. The predicted octanol–water partition coefficient (Wildman–Crippen LogP) is -1.17. The Bertz CT molecular complexity index is 1060. The molecule has 8 N–H and O–H groups in total. The number of carbonyl (C=O) groups is 3. The van der Waals surface area contributed by atoms with E-state index in [1.54, 1.807) is 6.07 Å². The molecule has 1 atom stereocenters. The first-order chi connectivity index (χ1) is 14.1. The van der Waals surface area contributed by atoms with E-state index in [0.29, 0.717) is 0 Å². The molecule has 12 nitrogen and oxygen atoms in total. The minimum atomic E-state index is -4.10. The largest absolute Gasteiger partial charge is 0.480 e. The molecule has 1 aromatic carbocycles. The van der Waals surface area contributed by atoms with Crippen LogP contribution in [0.25, 0.3) is 0 Å². The Morgan fingerprint density at radius 1 is 1.03 bits per heavy atom. The second kappa shape index (κ2) is 9.82. The third-order valence-electron chi connectivity index (χ3n) is 3.46. The van der Waals surface area contributed by atoms with Gasteiger partial charge in [-0.25, -0.2) is 13.8 Å². The average molecular weight is 454 g/mol. The molecular weight excluding hydrogens is 436 g/mol. The zero-order chi connectivity index (χ0) is 22.3. The van der Waals surface area contributed by atoms with Crippen molar-refractivity contribution in [3.05, 3.63) is 52.2 Å². The number of nitrogens with zero attached hydrogens (tertiary/aromatic N) is 1. The number of carbonyl (C=O) groups excluding carboxylic acids is 2. The summed E-state index contributed by atoms with van der Waals surface area (Å²) in [6.07, 6.45) is 0. The molecule has 30 heavy (non-hydrogen) atoms. The van der Waals surface area contributed by atoms with Crippen LogP contribution in [0, 0.1) is 0 Å². The lowest BCUT2D eigenvalue weighted by atomic mass is 10.3. The highest BCUT2D eigenvalue weighted by molar-refractivity contribution is 7.89. The molecule has 2 amide bonds. The molecule has 0 aliphatic rings. The summed E-state index contributed by atoms with van der Waals surface area (Å²) in [7, 11) is -4.10. The number of benzene rings is 1. The van der Waals surface area contributed by atoms with E-state index in [1.165, 1.54) is 36.4 Å². The number of rotatable bonds is 9. The van der Waals surface area contributed by atoms with Gasteiger partial charge in [0.1, 0.15) is 6.04 Å². The Morgan fingerprint density at radius 3 is 2.20 bits per heavy atom. The molecule has 2 aromatic rings. The van der Waals surface area contributed by atoms with E-state index < -0.39 is 40.4 Å². The van der Waals surface area contributed by atoms with Crippen LogP contribution in [0.4, 0.5) is 0 Å². The van der Waals surface area contributed by atoms with Gasteiger partial charge < -0.3 is 21.9 Å². The zero-order valence-electron chi connectivity index (χ0n) is 15.2. The fraction of sp³-hybridized carbons (Fsp3) is 0.125. The number of aliphatic carboxylic acids is 1. The van der Waals surface area contributed by atoms with E-state index in [4.69, 9.17) is 11.5 Å². The standard InChI is InChI=1S/C16H18N6O6S2/c17-16(18)21-20-14(24)12-7-6-11(29-12)13(23)19-8-10(15(25)26)22-30(27,28)9-4-2-1-3-5-9/h1-7,10,22H,8H2,(H,19,23)(H,20,24)(H,25,26)(H4,17,18,21). The van der Waals surface area contributed by atoms with Gasteiger partial charge in [-0.05, 0) is 24.3 Å². The van der Waals surface area contributed by atoms with Crippen molar-refractivity contribution in [3.8, 4) is 0 Å². The lowest BCUT2D eigenvalue weighted by Gasteiger charge is -2.15. The molecule has 1 heterocycles. The van der Waals surface area contributed by atoms with Crippen molar-refractivity contribution in [1.29, 1.82) is 0 Å². The Hall–Kier alpha value is -3.49. The van der Waals surface area contributed by atoms with Gasteiger partial charge in [0, 0.05) is 6.54 Å². The van der Waals surface area contributed by atoms with Crippen LogP contribution < -0.4 is 26.9 Å². The molecule has 0 aliphatic carbocycles. The predicted molar refractivity (Wildman–Crippen MR) is 108 cm³/mol. The van der Waals surface area contributed by atoms with Gasteiger partial charge in [-0.3, -0.25) is 14.4 Å². The quantitative estimate of drug-likeness (QED) is 0.154. The highest BCUT2D eigenvalue weighted by Crippen LogP contribution is 2.16. The smallest absolute Gasteiger partial charge is 0.323 e. The van der Waals surface area contributed by atoms with Crippen LogP contribution in [0.3, 0.4) is 0 Å². The molecule has 160 valence electrons. The van der Waals surface area contributed by atoms with Crippen LogP contribution in [-0.4, -0.2) is 49.9 Å². The van der Waals surface area contributed by atoms with Gasteiger partial charge in [0.05, 0.1) is 14.6 Å². The van der Waals surface area contributed by atoms with Crippen molar-refractivity contribution in [2.75, 3.05) is 6.54 Å². The van der Waals surface area contributed by atoms with Crippen molar-refractivity contribution >= 4 is 45.1 Å². The van der Waals surface area contributed by atoms with Crippen LogP contribution in [0.1, 0.15) is 19.3 Å². The molecule has 0 saturated heterocycles. The Balaban J connectivity index is 2.02. The summed E-state index contributed by atoms with van der Waals surface area (Å²) >= 11 is 0.810. The van der Waals surface area contributed by atoms with E-state index in [-0.39, 0.29) is 20.6 Å². The molecular formula is C16H18N6O6S2. The lowest BCUT2D eigenvalue weighted by Crippen LogP contribution is -2.48. The maximum atomic E-state index is 12.3. The number of hydrogen-bond donors (Lipinski definition) is 6. The summed E-state index contributed by atoms with van der Waals surface area (Å²) in [5.74, 6) is -3.16. The molecule has 0 spiro atoms. The van der Waals surface area contributed by atoms with Gasteiger partial charge in [0.2, 0.25) is 16.0 Å². The van der Waals surface area contributed by atoms with E-state index in [1.807, 2.05) is 4.72 Å². The Labute approximate surface area is 175 Å². The van der Waals surface area contributed by atoms with Gasteiger partial charge in [-0.1, -0.05) is 18.2 Å². The van der Waals surface area contributed by atoms with Gasteiger partial charge in [-0.15, -0.1) is 16.4 Å². The number of nitrogens with one attached hydrogen (secondary N) is 3. The van der Waals surface area contributed by atoms with Gasteiger partial charge in [-0.2, -0.15) is 4.72 Å². The molecule has 1 aromatic heterocycles. The lowest BCUT2D eigenvalue weighted by molar-refractivity contribution is -0.138. The van der Waals surface area contributed by atoms with Gasteiger partial charge >= 0.3 is 5.97 Å². The Kier molecular flexibility index (Phi) is 7.46. The van der Waals surface area contributed by atoms with E-state index in [9.17, 15) is 27.9 Å². The van der Waals surface area contributed by atoms with Crippen LogP contribution in [0.5, 0.6) is 0 Å². The molecule has 0 bridgehead atoms. The minimum absolute atomic E-state index is 0.0971. The van der Waals surface area contributed by atoms with Crippen LogP contribution in [0.2, 0.25) is 0 Å². The number of hydrazone groups is 1. The first-order valence-electron chi connectivity index (χ1n) is 8.17. The van der Waals surface area contributed by atoms with Crippen molar-refractivity contribution in [3.63, 3.8) is 0 Å². The number of guanidine groups is 1. The van der Waals surface area contributed by atoms with Crippen molar-refractivity contribution in [2.45, 2.75) is 10.9 Å². The summed E-state index contributed by atoms with van der Waals surface area (Å²) < 4.78 is 26.6. The SMILES string of the molecule is NC(N)=NNC(=O)c1ccc(C(=O)NCC(NS(=O)(=O)c2ccccc2)C(=O)O)s1. The van der Waals surface area contributed by atoms with E-state index in [0.717, 1.165) is 11.3 Å². The monoisotopic (exact) mass is 454 g/mol. The molecule has 0 fully saturated rings. The number of sulfonamides is 1. The summed E-state index contributed by atoms with van der Waals surface area (Å²) in [6, 6.07) is 8.29. The number of thiophene rings is 1. The molecule has 1 unspecified atom stereocenters. The summed E-state index contributed by atoms with van der Waals surface area (Å²) in [4.78, 5) is 35.6. The average Bonchev–Trinajstić information content (AvgIpc) is 3.20. The summed E-state index contributed by atoms with van der Waals surface area (Å²) in [5, 5.41) is 14.9. The number of hydrogen-bond acceptors (Lipinski definition) is 7. The summed E-state index contributed by atoms with van der Waals surface area (Å²) in [6.45, 7) is -0.520. The highest BCUT2D eigenvalue weighted by Gasteiger charge is 2.26. The van der Waals surface area contributed by atoms with Gasteiger partial charge in [0.25, 0.3) is 11.8 Å². The normalized spacial score (nSPS) is 11.9. The van der Waals surface area contributed by atoms with Crippen LogP contribution in [-0.2, 0) is 14.8 Å². The third-order valence-corrected chi connectivity index (χ3v) is 6.03. The molecule has 0 saturated carbocycles. The van der Waals surface area contributed by atoms with Gasteiger partial charge in [0.15, 0.2) is 0 Å². The first kappa shape index (κ1) is 22.8. The molecule has 0 radical (unpaired) electrons. The van der Waals surface area contributed by atoms with E-state index >= 15 is 0 Å². The molecule has 0 aliphatic heterocycles. The second-order valence-electron chi connectivity index (χ2n) is 5.68. The highest BCUT2D eigenvalue weighted by atomic mass is 32.2. The fourth-order valence-electron chi connectivity index (χ4n) is 2.07. The van der Waals surface area contributed by atoms with Crippen molar-refractivity contribution < 1.29 is 27.9 Å². The number of carboxylic acids is 1. The van der Waals surface area contributed by atoms with Crippen LogP contribution >= 0.6 is 11.3 Å².